The first kappa shape index (κ1) is 12.9. The van der Waals surface area contributed by atoms with Crippen LogP contribution >= 0.6 is 0 Å². The molecule has 0 spiro atoms. The fourth-order valence-corrected chi connectivity index (χ4v) is 1.18. The van der Waals surface area contributed by atoms with Gasteiger partial charge in [0.05, 0.1) is 0 Å². The highest BCUT2D eigenvalue weighted by molar-refractivity contribution is 5.78. The predicted molar refractivity (Wildman–Crippen MR) is 52.3 cm³/mol. The number of nitrogens with two attached hydrogens (primary N) is 2. The number of unbranched alkanes of at least 4 members (excludes halogenated alkanes) is 2. The van der Waals surface area contributed by atoms with Crippen molar-refractivity contribution >= 4 is 11.8 Å². The van der Waals surface area contributed by atoms with Gasteiger partial charge in [-0.3, -0.25) is 9.59 Å². The average molecular weight is 202 g/mol. The molecular weight excluding hydrogens is 184 g/mol. The van der Waals surface area contributed by atoms with Crippen molar-refractivity contribution in [3.8, 4) is 0 Å². The molecule has 0 aromatic rings. The lowest BCUT2D eigenvalue weighted by Crippen LogP contribution is -2.30. The third-order valence-corrected chi connectivity index (χ3v) is 1.99. The highest BCUT2D eigenvalue weighted by Crippen LogP contribution is 2.07. The normalized spacial score (nSPS) is 12.4. The highest BCUT2D eigenvalue weighted by Gasteiger charge is 2.12. The zero-order valence-electron chi connectivity index (χ0n) is 8.49. The number of hydrogen-bond donors (Lipinski definition) is 2. The van der Waals surface area contributed by atoms with E-state index >= 15 is 0 Å². The maximum absolute atomic E-state index is 10.7. The van der Waals surface area contributed by atoms with Crippen LogP contribution in [0.1, 0.15) is 32.1 Å². The average Bonchev–Trinajstić information content (AvgIpc) is 2.10. The van der Waals surface area contributed by atoms with Crippen molar-refractivity contribution in [2.45, 2.75) is 38.2 Å². The zero-order valence-corrected chi connectivity index (χ0v) is 8.49. The number of primary amides is 2. The molecule has 5 heteroatoms. The number of carbonyl (C=O) groups excluding carboxylic acids is 2. The number of rotatable bonds is 8. The number of ether oxygens (including phenoxy) is 1. The van der Waals surface area contributed by atoms with Crippen LogP contribution in [0.5, 0.6) is 0 Å². The standard InChI is InChI=1S/C9H18N2O3/c1-14-7(9(11)13)5-3-2-4-6-8(10)12/h7H,2-6H2,1H3,(H2,10,12)(H2,11,13). The molecule has 1 atom stereocenters. The third-order valence-electron chi connectivity index (χ3n) is 1.99. The molecule has 0 bridgehead atoms. The Balaban J connectivity index is 3.42. The Morgan fingerprint density at radius 2 is 1.86 bits per heavy atom. The van der Waals surface area contributed by atoms with Crippen LogP contribution < -0.4 is 11.5 Å². The molecule has 1 unspecified atom stereocenters. The van der Waals surface area contributed by atoms with Crippen LogP contribution in [0.4, 0.5) is 0 Å². The van der Waals surface area contributed by atoms with Gasteiger partial charge in [0.15, 0.2) is 0 Å². The van der Waals surface area contributed by atoms with E-state index in [0.717, 1.165) is 19.3 Å². The van der Waals surface area contributed by atoms with Crippen LogP contribution in [0.15, 0.2) is 0 Å². The van der Waals surface area contributed by atoms with Gasteiger partial charge in [-0.2, -0.15) is 0 Å². The lowest BCUT2D eigenvalue weighted by molar-refractivity contribution is -0.128. The number of hydrogen-bond acceptors (Lipinski definition) is 3. The molecule has 0 aliphatic heterocycles. The van der Waals surface area contributed by atoms with Crippen molar-refractivity contribution in [1.29, 1.82) is 0 Å². The Labute approximate surface area is 83.8 Å². The summed E-state index contributed by atoms with van der Waals surface area (Å²) in [6.45, 7) is 0. The van der Waals surface area contributed by atoms with E-state index in [0.29, 0.717) is 12.8 Å². The van der Waals surface area contributed by atoms with E-state index in [1.54, 1.807) is 0 Å². The molecule has 82 valence electrons. The van der Waals surface area contributed by atoms with Gasteiger partial charge in [0.2, 0.25) is 11.8 Å². The molecule has 0 saturated carbocycles. The van der Waals surface area contributed by atoms with Gasteiger partial charge in [-0.25, -0.2) is 0 Å². The zero-order chi connectivity index (χ0) is 11.0. The second kappa shape index (κ2) is 7.32. The SMILES string of the molecule is COC(CCCCCC(N)=O)C(N)=O. The minimum absolute atomic E-state index is 0.289. The first-order valence-corrected chi connectivity index (χ1v) is 4.68. The fourth-order valence-electron chi connectivity index (χ4n) is 1.18. The maximum Gasteiger partial charge on any atom is 0.246 e. The smallest absolute Gasteiger partial charge is 0.246 e. The molecule has 0 aromatic carbocycles. The van der Waals surface area contributed by atoms with Gasteiger partial charge in [-0.15, -0.1) is 0 Å². The first-order valence-electron chi connectivity index (χ1n) is 4.68. The summed E-state index contributed by atoms with van der Waals surface area (Å²) in [5, 5.41) is 0. The van der Waals surface area contributed by atoms with Crippen LogP contribution in [0.25, 0.3) is 0 Å². The Hall–Kier alpha value is -1.10. The van der Waals surface area contributed by atoms with Crippen LogP contribution in [-0.2, 0) is 14.3 Å². The Morgan fingerprint density at radius 1 is 1.21 bits per heavy atom. The largest absolute Gasteiger partial charge is 0.372 e. The summed E-state index contributed by atoms with van der Waals surface area (Å²) >= 11 is 0. The van der Waals surface area contributed by atoms with E-state index in [4.69, 9.17) is 16.2 Å². The Kier molecular flexibility index (Phi) is 6.74. The van der Waals surface area contributed by atoms with Crippen molar-refractivity contribution in [2.75, 3.05) is 7.11 Å². The van der Waals surface area contributed by atoms with Crippen LogP contribution in [0, 0.1) is 0 Å². The molecule has 0 radical (unpaired) electrons. The van der Waals surface area contributed by atoms with Crippen LogP contribution in [-0.4, -0.2) is 25.0 Å². The molecule has 14 heavy (non-hydrogen) atoms. The van der Waals surface area contributed by atoms with E-state index < -0.39 is 12.0 Å². The van der Waals surface area contributed by atoms with Crippen molar-refractivity contribution in [3.05, 3.63) is 0 Å². The maximum atomic E-state index is 10.7. The molecule has 0 aliphatic rings. The highest BCUT2D eigenvalue weighted by atomic mass is 16.5. The molecule has 4 N–H and O–H groups in total. The molecule has 0 aromatic heterocycles. The third kappa shape index (κ3) is 6.42. The second-order valence-corrected chi connectivity index (χ2v) is 3.19. The van der Waals surface area contributed by atoms with Crippen molar-refractivity contribution in [2.24, 2.45) is 11.5 Å². The van der Waals surface area contributed by atoms with Gasteiger partial charge < -0.3 is 16.2 Å². The minimum Gasteiger partial charge on any atom is -0.372 e. The fraction of sp³-hybridized carbons (Fsp3) is 0.778. The summed E-state index contributed by atoms with van der Waals surface area (Å²) in [5.74, 6) is -0.731. The van der Waals surface area contributed by atoms with E-state index in [1.165, 1.54) is 7.11 Å². The molecule has 0 aliphatic carbocycles. The lowest BCUT2D eigenvalue weighted by atomic mass is 10.1. The monoisotopic (exact) mass is 202 g/mol. The van der Waals surface area contributed by atoms with Crippen LogP contribution in [0.2, 0.25) is 0 Å². The Bertz CT molecular complexity index is 194. The summed E-state index contributed by atoms with van der Waals surface area (Å²) in [5.41, 5.74) is 10.0. The predicted octanol–water partition coefficient (Wildman–Crippen LogP) is -0.0775. The van der Waals surface area contributed by atoms with E-state index in [1.807, 2.05) is 0 Å². The summed E-state index contributed by atoms with van der Waals surface area (Å²) in [7, 11) is 1.46. The summed E-state index contributed by atoms with van der Waals surface area (Å²) in [6.07, 6.45) is 2.91. The molecule has 5 nitrogen and oxygen atoms in total. The molecule has 2 amide bonds. The quantitative estimate of drug-likeness (QED) is 0.539. The molecule has 0 rings (SSSR count). The lowest BCUT2D eigenvalue weighted by Gasteiger charge is -2.10. The minimum atomic E-state index is -0.511. The van der Waals surface area contributed by atoms with Gasteiger partial charge in [-0.1, -0.05) is 12.8 Å². The first-order chi connectivity index (χ1) is 6.57. The molecule has 0 heterocycles. The number of amides is 2. The Morgan fingerprint density at radius 3 is 2.29 bits per heavy atom. The van der Waals surface area contributed by atoms with E-state index in [-0.39, 0.29) is 5.91 Å². The van der Waals surface area contributed by atoms with Gasteiger partial charge in [0.1, 0.15) is 6.10 Å². The van der Waals surface area contributed by atoms with Crippen molar-refractivity contribution in [1.82, 2.24) is 0 Å². The molecule has 0 fully saturated rings. The summed E-state index contributed by atoms with van der Waals surface area (Å²) in [6, 6.07) is 0. The number of methoxy groups -OCH3 is 1. The van der Waals surface area contributed by atoms with Crippen molar-refractivity contribution in [3.63, 3.8) is 0 Å². The van der Waals surface area contributed by atoms with Crippen molar-refractivity contribution < 1.29 is 14.3 Å². The van der Waals surface area contributed by atoms with Gasteiger partial charge in [-0.05, 0) is 12.8 Å². The second-order valence-electron chi connectivity index (χ2n) is 3.19. The number of carbonyl (C=O) groups is 2. The summed E-state index contributed by atoms with van der Waals surface area (Å²) in [4.78, 5) is 21.1. The van der Waals surface area contributed by atoms with E-state index in [2.05, 4.69) is 0 Å². The molecular formula is C9H18N2O3. The molecule has 0 saturated heterocycles. The van der Waals surface area contributed by atoms with Gasteiger partial charge in [0, 0.05) is 13.5 Å². The summed E-state index contributed by atoms with van der Waals surface area (Å²) < 4.78 is 4.87. The van der Waals surface area contributed by atoms with Crippen LogP contribution in [0.3, 0.4) is 0 Å². The van der Waals surface area contributed by atoms with Gasteiger partial charge in [0.25, 0.3) is 0 Å². The van der Waals surface area contributed by atoms with E-state index in [9.17, 15) is 9.59 Å². The topological polar surface area (TPSA) is 95.4 Å². The van der Waals surface area contributed by atoms with Gasteiger partial charge >= 0.3 is 0 Å².